The molecule has 1 aromatic carbocycles. The summed E-state index contributed by atoms with van der Waals surface area (Å²) in [5.41, 5.74) is 8.01. The third-order valence-electron chi connectivity index (χ3n) is 3.43. The maximum Gasteiger partial charge on any atom is 0.0660 e. The first kappa shape index (κ1) is 11.6. The Morgan fingerprint density at radius 3 is 2.44 bits per heavy atom. The fourth-order valence-corrected chi connectivity index (χ4v) is 2.44. The van der Waals surface area contributed by atoms with E-state index in [0.717, 1.165) is 29.5 Å². The van der Waals surface area contributed by atoms with Crippen LogP contribution in [0.3, 0.4) is 0 Å². The smallest absolute Gasteiger partial charge is 0.0660 e. The van der Waals surface area contributed by atoms with Crippen molar-refractivity contribution in [3.8, 4) is 0 Å². The molecule has 1 aliphatic rings. The fourth-order valence-electron chi connectivity index (χ4n) is 2.13. The lowest BCUT2D eigenvalue weighted by molar-refractivity contribution is 0.280. The Morgan fingerprint density at radius 2 is 1.88 bits per heavy atom. The first-order valence-corrected chi connectivity index (χ1v) is 6.16. The Labute approximate surface area is 102 Å². The van der Waals surface area contributed by atoms with Crippen molar-refractivity contribution in [2.45, 2.75) is 26.7 Å². The molecule has 0 aromatic heterocycles. The average Bonchev–Trinajstić information content (AvgIpc) is 2.19. The molecule has 0 saturated carbocycles. The Kier molecular flexibility index (Phi) is 3.02. The number of benzene rings is 1. The average molecular weight is 239 g/mol. The first-order chi connectivity index (χ1) is 7.48. The van der Waals surface area contributed by atoms with Crippen LogP contribution >= 0.6 is 11.6 Å². The fraction of sp³-hybridized carbons (Fsp3) is 0.538. The molecule has 0 amide bonds. The number of halogens is 1. The Morgan fingerprint density at radius 1 is 1.25 bits per heavy atom. The topological polar surface area (TPSA) is 29.3 Å². The van der Waals surface area contributed by atoms with Crippen LogP contribution in [-0.2, 0) is 0 Å². The van der Waals surface area contributed by atoms with E-state index in [-0.39, 0.29) is 0 Å². The van der Waals surface area contributed by atoms with Gasteiger partial charge in [0.05, 0.1) is 10.7 Å². The lowest BCUT2D eigenvalue weighted by Gasteiger charge is -2.38. The molecule has 1 fully saturated rings. The van der Waals surface area contributed by atoms with Gasteiger partial charge in [0, 0.05) is 18.8 Å². The third kappa shape index (κ3) is 2.43. The minimum atomic E-state index is 0.469. The summed E-state index contributed by atoms with van der Waals surface area (Å²) in [7, 11) is 0. The van der Waals surface area contributed by atoms with E-state index in [1.165, 1.54) is 12.8 Å². The number of hydrogen-bond acceptors (Lipinski definition) is 2. The highest BCUT2D eigenvalue weighted by Gasteiger charge is 2.26. The molecule has 0 bridgehead atoms. The van der Waals surface area contributed by atoms with Crippen molar-refractivity contribution in [2.75, 3.05) is 23.7 Å². The number of hydrogen-bond donors (Lipinski definition) is 1. The van der Waals surface area contributed by atoms with Gasteiger partial charge >= 0.3 is 0 Å². The molecule has 2 rings (SSSR count). The zero-order valence-electron chi connectivity index (χ0n) is 9.96. The molecule has 0 radical (unpaired) electrons. The van der Waals surface area contributed by atoms with Gasteiger partial charge in [0.15, 0.2) is 0 Å². The quantitative estimate of drug-likeness (QED) is 0.759. The summed E-state index contributed by atoms with van der Waals surface area (Å²) in [5.74, 6) is 0. The first-order valence-electron chi connectivity index (χ1n) is 5.78. The molecule has 1 saturated heterocycles. The lowest BCUT2D eigenvalue weighted by Crippen LogP contribution is -2.37. The molecular weight excluding hydrogens is 220 g/mol. The number of anilines is 2. The number of nitrogens with zero attached hydrogens (tertiary/aromatic N) is 1. The van der Waals surface area contributed by atoms with Gasteiger partial charge in [-0.2, -0.15) is 0 Å². The van der Waals surface area contributed by atoms with Crippen molar-refractivity contribution in [1.29, 1.82) is 0 Å². The SMILES string of the molecule is CC1(C)CCN(c2ccc(N)cc2Cl)CC1. The summed E-state index contributed by atoms with van der Waals surface area (Å²) >= 11 is 6.21. The number of rotatable bonds is 1. The van der Waals surface area contributed by atoms with Crippen LogP contribution < -0.4 is 10.6 Å². The normalized spacial score (nSPS) is 19.8. The van der Waals surface area contributed by atoms with Crippen molar-refractivity contribution in [1.82, 2.24) is 0 Å². The minimum absolute atomic E-state index is 0.469. The van der Waals surface area contributed by atoms with E-state index in [1.54, 1.807) is 0 Å². The van der Waals surface area contributed by atoms with Crippen LogP contribution in [0.15, 0.2) is 18.2 Å². The summed E-state index contributed by atoms with van der Waals surface area (Å²) in [5, 5.41) is 0.764. The molecule has 1 heterocycles. The van der Waals surface area contributed by atoms with Gasteiger partial charge in [-0.3, -0.25) is 0 Å². The van der Waals surface area contributed by atoms with Gasteiger partial charge < -0.3 is 10.6 Å². The Balaban J connectivity index is 2.14. The molecular formula is C13H19ClN2. The zero-order chi connectivity index (χ0) is 11.8. The molecule has 1 aliphatic heterocycles. The maximum atomic E-state index is 6.21. The number of piperidine rings is 1. The molecule has 0 unspecified atom stereocenters. The molecule has 0 spiro atoms. The second kappa shape index (κ2) is 4.17. The van der Waals surface area contributed by atoms with Crippen LogP contribution in [0.5, 0.6) is 0 Å². The largest absolute Gasteiger partial charge is 0.399 e. The van der Waals surface area contributed by atoms with Crippen molar-refractivity contribution >= 4 is 23.0 Å². The van der Waals surface area contributed by atoms with E-state index in [1.807, 2.05) is 18.2 Å². The third-order valence-corrected chi connectivity index (χ3v) is 3.73. The van der Waals surface area contributed by atoms with Crippen molar-refractivity contribution in [2.24, 2.45) is 5.41 Å². The predicted octanol–water partition coefficient (Wildman–Crippen LogP) is 3.55. The molecule has 0 aliphatic carbocycles. The monoisotopic (exact) mass is 238 g/mol. The second-order valence-corrected chi connectivity index (χ2v) is 5.77. The summed E-state index contributed by atoms with van der Waals surface area (Å²) in [6, 6.07) is 5.77. The van der Waals surface area contributed by atoms with E-state index in [0.29, 0.717) is 5.41 Å². The highest BCUT2D eigenvalue weighted by molar-refractivity contribution is 6.33. The van der Waals surface area contributed by atoms with Crippen molar-refractivity contribution < 1.29 is 0 Å². The summed E-state index contributed by atoms with van der Waals surface area (Å²) < 4.78 is 0. The van der Waals surface area contributed by atoms with Crippen LogP contribution in [0, 0.1) is 5.41 Å². The molecule has 1 aromatic rings. The van der Waals surface area contributed by atoms with Crippen LogP contribution in [-0.4, -0.2) is 13.1 Å². The minimum Gasteiger partial charge on any atom is -0.399 e. The maximum absolute atomic E-state index is 6.21. The second-order valence-electron chi connectivity index (χ2n) is 5.36. The van der Waals surface area contributed by atoms with E-state index in [4.69, 9.17) is 17.3 Å². The van der Waals surface area contributed by atoms with Crippen LogP contribution in [0.4, 0.5) is 11.4 Å². The molecule has 3 heteroatoms. The summed E-state index contributed by atoms with van der Waals surface area (Å²) in [6.45, 7) is 6.82. The molecule has 2 nitrogen and oxygen atoms in total. The molecule has 0 atom stereocenters. The van der Waals surface area contributed by atoms with Gasteiger partial charge in [0.2, 0.25) is 0 Å². The predicted molar refractivity (Wildman–Crippen MR) is 71.1 cm³/mol. The summed E-state index contributed by atoms with van der Waals surface area (Å²) in [4.78, 5) is 2.35. The highest BCUT2D eigenvalue weighted by atomic mass is 35.5. The number of nitrogen functional groups attached to an aromatic ring is 1. The Hall–Kier alpha value is -0.890. The van der Waals surface area contributed by atoms with Crippen LogP contribution in [0.1, 0.15) is 26.7 Å². The van der Waals surface area contributed by atoms with Crippen LogP contribution in [0.25, 0.3) is 0 Å². The molecule has 2 N–H and O–H groups in total. The molecule has 16 heavy (non-hydrogen) atoms. The number of nitrogens with two attached hydrogens (primary N) is 1. The van der Waals surface area contributed by atoms with Crippen molar-refractivity contribution in [3.05, 3.63) is 23.2 Å². The Bertz CT molecular complexity index is 378. The van der Waals surface area contributed by atoms with Gasteiger partial charge in [-0.15, -0.1) is 0 Å². The zero-order valence-corrected chi connectivity index (χ0v) is 10.7. The van der Waals surface area contributed by atoms with E-state index >= 15 is 0 Å². The van der Waals surface area contributed by atoms with Gasteiger partial charge in [0.25, 0.3) is 0 Å². The van der Waals surface area contributed by atoms with Gasteiger partial charge in [-0.05, 0) is 36.5 Å². The highest BCUT2D eigenvalue weighted by Crippen LogP contribution is 2.35. The van der Waals surface area contributed by atoms with E-state index in [2.05, 4.69) is 18.7 Å². The standard InChI is InChI=1S/C13H19ClN2/c1-13(2)5-7-16(8-6-13)12-4-3-10(15)9-11(12)14/h3-4,9H,5-8,15H2,1-2H3. The lowest BCUT2D eigenvalue weighted by atomic mass is 9.82. The van der Waals surface area contributed by atoms with Gasteiger partial charge in [-0.25, -0.2) is 0 Å². The summed E-state index contributed by atoms with van der Waals surface area (Å²) in [6.07, 6.45) is 2.43. The van der Waals surface area contributed by atoms with Crippen molar-refractivity contribution in [3.63, 3.8) is 0 Å². The van der Waals surface area contributed by atoms with E-state index < -0.39 is 0 Å². The van der Waals surface area contributed by atoms with Gasteiger partial charge in [-0.1, -0.05) is 25.4 Å². The van der Waals surface area contributed by atoms with Crippen LogP contribution in [0.2, 0.25) is 5.02 Å². The van der Waals surface area contributed by atoms with Gasteiger partial charge in [0.1, 0.15) is 0 Å². The molecule has 88 valence electrons. The van der Waals surface area contributed by atoms with E-state index in [9.17, 15) is 0 Å².